The quantitative estimate of drug-likeness (QED) is 0.715. The third-order valence-electron chi connectivity index (χ3n) is 3.98. The summed E-state index contributed by atoms with van der Waals surface area (Å²) < 4.78 is 26.9. The first-order valence-corrected chi connectivity index (χ1v) is 10.8. The molecule has 0 atom stereocenters. The first kappa shape index (κ1) is 20.9. The number of hydrogen-bond acceptors (Lipinski definition) is 4. The van der Waals surface area contributed by atoms with Gasteiger partial charge in [-0.1, -0.05) is 23.7 Å². The van der Waals surface area contributed by atoms with Gasteiger partial charge in [-0.25, -0.2) is 8.42 Å². The molecule has 1 heterocycles. The lowest BCUT2D eigenvalue weighted by Crippen LogP contribution is -2.44. The average Bonchev–Trinajstić information content (AvgIpc) is 2.97. The second kappa shape index (κ2) is 8.08. The van der Waals surface area contributed by atoms with Gasteiger partial charge < -0.3 is 4.90 Å². The van der Waals surface area contributed by atoms with Crippen LogP contribution in [0.1, 0.15) is 25.0 Å². The van der Waals surface area contributed by atoms with Gasteiger partial charge in [0.05, 0.1) is 10.9 Å². The second-order valence-corrected chi connectivity index (χ2v) is 10.5. The Labute approximate surface area is 164 Å². The van der Waals surface area contributed by atoms with Gasteiger partial charge in [0.2, 0.25) is 5.91 Å². The zero-order valence-electron chi connectivity index (χ0n) is 15.5. The number of amides is 1. The van der Waals surface area contributed by atoms with Crippen molar-refractivity contribution in [2.75, 3.05) is 18.5 Å². The smallest absolute Gasteiger partial charge is 0.252 e. The van der Waals surface area contributed by atoms with E-state index < -0.39 is 10.0 Å². The topological polar surface area (TPSA) is 57.7 Å². The summed E-state index contributed by atoms with van der Waals surface area (Å²) in [4.78, 5) is 14.6. The fourth-order valence-corrected chi connectivity index (χ4v) is 5.43. The summed E-state index contributed by atoms with van der Waals surface area (Å²) in [6, 6.07) is 8.77. The van der Waals surface area contributed by atoms with Crippen LogP contribution in [0.2, 0.25) is 4.34 Å². The van der Waals surface area contributed by atoms with E-state index in [1.807, 2.05) is 45.9 Å². The van der Waals surface area contributed by atoms with Crippen molar-refractivity contribution in [1.82, 2.24) is 4.31 Å². The number of anilines is 1. The molecule has 5 nitrogen and oxygen atoms in total. The summed E-state index contributed by atoms with van der Waals surface area (Å²) in [5.41, 5.74) is 2.81. The Morgan fingerprint density at radius 3 is 2.38 bits per heavy atom. The normalized spacial score (nSPS) is 12.0. The molecule has 0 saturated carbocycles. The number of nitrogens with zero attached hydrogens (tertiary/aromatic N) is 2. The van der Waals surface area contributed by atoms with E-state index >= 15 is 0 Å². The Morgan fingerprint density at radius 1 is 1.19 bits per heavy atom. The Balaban J connectivity index is 2.29. The minimum Gasteiger partial charge on any atom is -0.309 e. The number of carbonyl (C=O) groups is 1. The van der Waals surface area contributed by atoms with E-state index in [2.05, 4.69) is 0 Å². The summed E-state index contributed by atoms with van der Waals surface area (Å²) in [5, 5.41) is 0. The summed E-state index contributed by atoms with van der Waals surface area (Å²) in [6.07, 6.45) is 0. The Morgan fingerprint density at radius 2 is 1.85 bits per heavy atom. The molecule has 0 aliphatic rings. The second-order valence-electron chi connectivity index (χ2n) is 6.47. The van der Waals surface area contributed by atoms with Gasteiger partial charge in [-0.15, -0.1) is 11.3 Å². The number of benzene rings is 1. The Bertz CT molecular complexity index is 907. The van der Waals surface area contributed by atoms with E-state index in [9.17, 15) is 13.2 Å². The molecule has 142 valence electrons. The van der Waals surface area contributed by atoms with Crippen LogP contribution in [0.3, 0.4) is 0 Å². The molecule has 0 bridgehead atoms. The van der Waals surface area contributed by atoms with Gasteiger partial charge in [-0.3, -0.25) is 4.79 Å². The molecule has 0 aliphatic carbocycles. The summed E-state index contributed by atoms with van der Waals surface area (Å²) in [5.74, 6) is -0.276. The number of sulfonamides is 1. The Hall–Kier alpha value is -1.41. The van der Waals surface area contributed by atoms with Crippen LogP contribution in [-0.2, 0) is 14.8 Å². The average molecular weight is 415 g/mol. The monoisotopic (exact) mass is 414 g/mol. The number of carbonyl (C=O) groups excluding carboxylic acids is 1. The maximum Gasteiger partial charge on any atom is 0.252 e. The standard InChI is InChI=1S/C18H23ClN2O3S2/c1-12(2)21(15-10-13(3)6-7-14(15)4)17(22)11-20(5)26(23,24)18-9-8-16(19)25-18/h6-10,12H,11H2,1-5H3. The van der Waals surface area contributed by atoms with Crippen molar-refractivity contribution in [3.05, 3.63) is 45.8 Å². The molecule has 0 spiro atoms. The molecule has 2 aromatic rings. The van der Waals surface area contributed by atoms with Crippen molar-refractivity contribution in [3.8, 4) is 0 Å². The number of thiophene rings is 1. The predicted molar refractivity (Wildman–Crippen MR) is 108 cm³/mol. The van der Waals surface area contributed by atoms with Crippen LogP contribution in [0.5, 0.6) is 0 Å². The molecule has 0 aliphatic heterocycles. The minimum atomic E-state index is -3.75. The zero-order chi connectivity index (χ0) is 19.6. The molecule has 2 rings (SSSR count). The van der Waals surface area contributed by atoms with Crippen LogP contribution in [0.4, 0.5) is 5.69 Å². The predicted octanol–water partition coefficient (Wildman–Crippen LogP) is 4.08. The van der Waals surface area contributed by atoms with Gasteiger partial charge in [-0.2, -0.15) is 4.31 Å². The summed E-state index contributed by atoms with van der Waals surface area (Å²) in [6.45, 7) is 7.47. The lowest BCUT2D eigenvalue weighted by Gasteiger charge is -2.30. The molecule has 8 heteroatoms. The number of likely N-dealkylation sites (N-methyl/N-ethyl adjacent to an activating group) is 1. The molecule has 0 radical (unpaired) electrons. The molecule has 0 fully saturated rings. The van der Waals surface area contributed by atoms with Crippen molar-refractivity contribution >= 4 is 44.6 Å². The third-order valence-corrected chi connectivity index (χ3v) is 7.48. The van der Waals surface area contributed by atoms with E-state index in [1.54, 1.807) is 4.90 Å². The molecular weight excluding hydrogens is 392 g/mol. The molecule has 26 heavy (non-hydrogen) atoms. The molecule has 1 amide bonds. The zero-order valence-corrected chi connectivity index (χ0v) is 17.9. The largest absolute Gasteiger partial charge is 0.309 e. The lowest BCUT2D eigenvalue weighted by molar-refractivity contribution is -0.119. The summed E-state index contributed by atoms with van der Waals surface area (Å²) >= 11 is 6.82. The lowest BCUT2D eigenvalue weighted by atomic mass is 10.1. The van der Waals surface area contributed by atoms with E-state index in [4.69, 9.17) is 11.6 Å². The van der Waals surface area contributed by atoms with Gasteiger partial charge in [-0.05, 0) is 57.0 Å². The first-order valence-electron chi connectivity index (χ1n) is 8.15. The van der Waals surface area contributed by atoms with Gasteiger partial charge in [0.15, 0.2) is 0 Å². The van der Waals surface area contributed by atoms with Gasteiger partial charge in [0, 0.05) is 18.8 Å². The minimum absolute atomic E-state index is 0.102. The molecule has 0 N–H and O–H groups in total. The highest BCUT2D eigenvalue weighted by molar-refractivity contribution is 7.91. The van der Waals surface area contributed by atoms with E-state index in [0.717, 1.165) is 32.5 Å². The highest BCUT2D eigenvalue weighted by Gasteiger charge is 2.28. The van der Waals surface area contributed by atoms with Crippen molar-refractivity contribution in [3.63, 3.8) is 0 Å². The molecule has 1 aromatic carbocycles. The van der Waals surface area contributed by atoms with E-state index in [0.29, 0.717) is 4.34 Å². The highest BCUT2D eigenvalue weighted by atomic mass is 35.5. The Kier molecular flexibility index (Phi) is 6.50. The van der Waals surface area contributed by atoms with Crippen LogP contribution >= 0.6 is 22.9 Å². The van der Waals surface area contributed by atoms with Crippen LogP contribution < -0.4 is 4.90 Å². The number of aryl methyl sites for hydroxylation is 2. The van der Waals surface area contributed by atoms with E-state index in [-0.39, 0.29) is 22.7 Å². The van der Waals surface area contributed by atoms with Crippen molar-refractivity contribution < 1.29 is 13.2 Å². The van der Waals surface area contributed by atoms with Gasteiger partial charge >= 0.3 is 0 Å². The number of rotatable bonds is 6. The fourth-order valence-electron chi connectivity index (χ4n) is 2.62. The SMILES string of the molecule is Cc1ccc(C)c(N(C(=O)CN(C)S(=O)(=O)c2ccc(Cl)s2)C(C)C)c1. The number of hydrogen-bond donors (Lipinski definition) is 0. The third kappa shape index (κ3) is 4.46. The fraction of sp³-hybridized carbons (Fsp3) is 0.389. The van der Waals surface area contributed by atoms with Crippen molar-refractivity contribution in [2.24, 2.45) is 0 Å². The van der Waals surface area contributed by atoms with Crippen molar-refractivity contribution in [1.29, 1.82) is 0 Å². The van der Waals surface area contributed by atoms with Crippen LogP contribution in [0.15, 0.2) is 34.5 Å². The molecule has 0 unspecified atom stereocenters. The maximum absolute atomic E-state index is 12.9. The molecular formula is C18H23ClN2O3S2. The molecule has 0 saturated heterocycles. The first-order chi connectivity index (χ1) is 12.0. The summed E-state index contributed by atoms with van der Waals surface area (Å²) in [7, 11) is -2.35. The van der Waals surface area contributed by atoms with E-state index in [1.165, 1.54) is 19.2 Å². The van der Waals surface area contributed by atoms with Crippen LogP contribution in [0.25, 0.3) is 0 Å². The van der Waals surface area contributed by atoms with Crippen LogP contribution in [-0.4, -0.2) is 38.3 Å². The van der Waals surface area contributed by atoms with Gasteiger partial charge in [0.1, 0.15) is 4.21 Å². The highest BCUT2D eigenvalue weighted by Crippen LogP contribution is 2.28. The van der Waals surface area contributed by atoms with Crippen LogP contribution in [0, 0.1) is 13.8 Å². The van der Waals surface area contributed by atoms with Crippen molar-refractivity contribution in [2.45, 2.75) is 37.9 Å². The number of halogens is 1. The molecule has 1 aromatic heterocycles. The maximum atomic E-state index is 12.9. The van der Waals surface area contributed by atoms with Gasteiger partial charge in [0.25, 0.3) is 10.0 Å².